The van der Waals surface area contributed by atoms with Crippen LogP contribution in [0.25, 0.3) is 0 Å². The minimum absolute atomic E-state index is 0.221. The second-order valence-corrected chi connectivity index (χ2v) is 7.77. The second kappa shape index (κ2) is 10.5. The molecule has 0 amide bonds. The van der Waals surface area contributed by atoms with Crippen molar-refractivity contribution in [2.45, 2.75) is 56.3 Å². The minimum Gasteiger partial charge on any atom is -0.356 e. The van der Waals surface area contributed by atoms with E-state index < -0.39 is 0 Å². The maximum Gasteiger partial charge on any atom is 0.191 e. The highest BCUT2D eigenvalue weighted by Gasteiger charge is 2.23. The van der Waals surface area contributed by atoms with E-state index in [-0.39, 0.29) is 5.82 Å². The van der Waals surface area contributed by atoms with Crippen molar-refractivity contribution in [3.05, 3.63) is 41.5 Å². The molecule has 1 saturated carbocycles. The molecule has 0 radical (unpaired) electrons. The maximum absolute atomic E-state index is 13.0. The number of nitrogens with zero attached hydrogens (tertiary/aromatic N) is 4. The summed E-state index contributed by atoms with van der Waals surface area (Å²) < 4.78 is 15.3. The van der Waals surface area contributed by atoms with Crippen LogP contribution in [0.1, 0.15) is 49.5 Å². The van der Waals surface area contributed by atoms with Gasteiger partial charge in [0.25, 0.3) is 0 Å². The Morgan fingerprint density at radius 1 is 1.21 bits per heavy atom. The van der Waals surface area contributed by atoms with Crippen molar-refractivity contribution in [2.75, 3.05) is 19.8 Å². The van der Waals surface area contributed by atoms with E-state index in [2.05, 4.69) is 36.6 Å². The third-order valence-electron chi connectivity index (χ3n) is 5.07. The fraction of sp³-hybridized carbons (Fsp3) is 0.550. The van der Waals surface area contributed by atoms with Gasteiger partial charge >= 0.3 is 0 Å². The monoisotopic (exact) mass is 404 g/mol. The number of aliphatic imine (C=N–C) groups is 1. The normalized spacial score (nSPS) is 15.2. The summed E-state index contributed by atoms with van der Waals surface area (Å²) in [5.41, 5.74) is 1.01. The molecule has 28 heavy (non-hydrogen) atoms. The number of guanidine groups is 1. The smallest absolute Gasteiger partial charge is 0.191 e. The number of nitrogens with one attached hydrogen (secondary N) is 2. The SMILES string of the molecule is CN=C(NCCCc1nnc(SC)n1C1CCCC1)NCc1ccc(F)cc1. The summed E-state index contributed by atoms with van der Waals surface area (Å²) in [6.45, 7) is 1.41. The first-order valence-corrected chi connectivity index (χ1v) is 11.1. The molecule has 2 N–H and O–H groups in total. The molecular weight excluding hydrogens is 375 g/mol. The first kappa shape index (κ1) is 20.6. The molecule has 2 aromatic rings. The van der Waals surface area contributed by atoms with Crippen LogP contribution in [-0.4, -0.2) is 40.6 Å². The van der Waals surface area contributed by atoms with Crippen LogP contribution in [0, 0.1) is 5.82 Å². The molecule has 3 rings (SSSR count). The van der Waals surface area contributed by atoms with Gasteiger partial charge in [0.15, 0.2) is 11.1 Å². The van der Waals surface area contributed by atoms with Gasteiger partial charge in [-0.15, -0.1) is 10.2 Å². The molecule has 1 aromatic carbocycles. The van der Waals surface area contributed by atoms with E-state index >= 15 is 0 Å². The quantitative estimate of drug-likeness (QED) is 0.305. The highest BCUT2D eigenvalue weighted by Crippen LogP contribution is 2.33. The Labute approximate surface area is 170 Å². The highest BCUT2D eigenvalue weighted by atomic mass is 32.2. The Bertz CT molecular complexity index is 768. The average molecular weight is 405 g/mol. The van der Waals surface area contributed by atoms with E-state index in [1.165, 1.54) is 37.8 Å². The van der Waals surface area contributed by atoms with Crippen molar-refractivity contribution in [1.29, 1.82) is 0 Å². The third-order valence-corrected chi connectivity index (χ3v) is 5.72. The molecule has 1 aliphatic rings. The van der Waals surface area contributed by atoms with Gasteiger partial charge in [-0.3, -0.25) is 4.99 Å². The van der Waals surface area contributed by atoms with Crippen LogP contribution >= 0.6 is 11.8 Å². The summed E-state index contributed by atoms with van der Waals surface area (Å²) in [5, 5.41) is 16.4. The summed E-state index contributed by atoms with van der Waals surface area (Å²) in [7, 11) is 1.75. The van der Waals surface area contributed by atoms with Gasteiger partial charge in [0, 0.05) is 32.6 Å². The fourth-order valence-electron chi connectivity index (χ4n) is 3.61. The van der Waals surface area contributed by atoms with Gasteiger partial charge in [-0.05, 0) is 43.2 Å². The second-order valence-electron chi connectivity index (χ2n) is 6.99. The molecule has 1 aromatic heterocycles. The van der Waals surface area contributed by atoms with Gasteiger partial charge in [0.2, 0.25) is 0 Å². The van der Waals surface area contributed by atoms with Gasteiger partial charge in [0.05, 0.1) is 0 Å². The van der Waals surface area contributed by atoms with Crippen molar-refractivity contribution >= 4 is 17.7 Å². The largest absolute Gasteiger partial charge is 0.356 e. The fourth-order valence-corrected chi connectivity index (χ4v) is 4.18. The molecule has 6 nitrogen and oxygen atoms in total. The first-order valence-electron chi connectivity index (χ1n) is 9.88. The lowest BCUT2D eigenvalue weighted by Crippen LogP contribution is -2.37. The van der Waals surface area contributed by atoms with Crippen LogP contribution in [0.4, 0.5) is 4.39 Å². The Kier molecular flexibility index (Phi) is 7.71. The molecule has 8 heteroatoms. The van der Waals surface area contributed by atoms with Crippen LogP contribution in [0.15, 0.2) is 34.4 Å². The third kappa shape index (κ3) is 5.47. The summed E-state index contributed by atoms with van der Waals surface area (Å²) >= 11 is 1.68. The topological polar surface area (TPSA) is 67.1 Å². The Morgan fingerprint density at radius 3 is 2.64 bits per heavy atom. The lowest BCUT2D eigenvalue weighted by Gasteiger charge is -2.16. The van der Waals surface area contributed by atoms with E-state index in [1.807, 2.05) is 0 Å². The predicted molar refractivity (Wildman–Crippen MR) is 112 cm³/mol. The summed E-state index contributed by atoms with van der Waals surface area (Å²) in [5.74, 6) is 1.61. The Hall–Kier alpha value is -2.09. The maximum atomic E-state index is 13.0. The summed E-state index contributed by atoms with van der Waals surface area (Å²) in [6, 6.07) is 7.04. The van der Waals surface area contributed by atoms with Gasteiger partial charge in [-0.2, -0.15) is 0 Å². The van der Waals surface area contributed by atoms with Gasteiger partial charge in [0.1, 0.15) is 11.6 Å². The van der Waals surface area contributed by atoms with Crippen molar-refractivity contribution in [3.63, 3.8) is 0 Å². The van der Waals surface area contributed by atoms with Crippen LogP contribution in [0.2, 0.25) is 0 Å². The lowest BCUT2D eigenvalue weighted by molar-refractivity contribution is 0.460. The van der Waals surface area contributed by atoms with E-state index in [9.17, 15) is 4.39 Å². The van der Waals surface area contributed by atoms with Crippen LogP contribution in [0.5, 0.6) is 0 Å². The number of rotatable bonds is 8. The van der Waals surface area contributed by atoms with E-state index in [1.54, 1.807) is 30.9 Å². The van der Waals surface area contributed by atoms with Crippen LogP contribution < -0.4 is 10.6 Å². The predicted octanol–water partition coefficient (Wildman–Crippen LogP) is 3.55. The van der Waals surface area contributed by atoms with Crippen LogP contribution in [0.3, 0.4) is 0 Å². The molecule has 0 aliphatic heterocycles. The number of thioether (sulfide) groups is 1. The van der Waals surface area contributed by atoms with Gasteiger partial charge in [-0.1, -0.05) is 36.7 Å². The van der Waals surface area contributed by atoms with Crippen LogP contribution in [-0.2, 0) is 13.0 Å². The number of halogens is 1. The van der Waals surface area contributed by atoms with Gasteiger partial charge in [-0.25, -0.2) is 4.39 Å². The van der Waals surface area contributed by atoms with Crippen molar-refractivity contribution in [2.24, 2.45) is 4.99 Å². The number of aromatic nitrogens is 3. The highest BCUT2D eigenvalue weighted by molar-refractivity contribution is 7.98. The first-order chi connectivity index (χ1) is 13.7. The number of hydrogen-bond donors (Lipinski definition) is 2. The van der Waals surface area contributed by atoms with Crippen molar-refractivity contribution in [3.8, 4) is 0 Å². The molecule has 1 heterocycles. The standard InChI is InChI=1S/C20H29FN6S/c1-22-19(24-14-15-9-11-16(21)12-10-15)23-13-5-8-18-25-26-20(28-2)27(18)17-6-3-4-7-17/h9-12,17H,3-8,13-14H2,1-2H3,(H2,22,23,24). The molecular formula is C20H29FN6S. The van der Waals surface area contributed by atoms with E-state index in [4.69, 9.17) is 0 Å². The molecule has 0 unspecified atom stereocenters. The number of aryl methyl sites for hydroxylation is 1. The molecule has 0 atom stereocenters. The number of hydrogen-bond acceptors (Lipinski definition) is 4. The molecule has 152 valence electrons. The zero-order chi connectivity index (χ0) is 19.8. The average Bonchev–Trinajstić information content (AvgIpc) is 3.37. The van der Waals surface area contributed by atoms with E-state index in [0.717, 1.165) is 41.9 Å². The molecule has 0 spiro atoms. The minimum atomic E-state index is -0.221. The Morgan fingerprint density at radius 2 is 1.96 bits per heavy atom. The summed E-state index contributed by atoms with van der Waals surface area (Å²) in [6.07, 6.45) is 8.98. The van der Waals surface area contributed by atoms with Crippen molar-refractivity contribution < 1.29 is 4.39 Å². The van der Waals surface area contributed by atoms with Gasteiger partial charge < -0.3 is 15.2 Å². The van der Waals surface area contributed by atoms with Crippen molar-refractivity contribution in [1.82, 2.24) is 25.4 Å². The zero-order valence-corrected chi connectivity index (χ0v) is 17.4. The summed E-state index contributed by atoms with van der Waals surface area (Å²) in [4.78, 5) is 4.25. The molecule has 1 fully saturated rings. The molecule has 0 bridgehead atoms. The molecule has 1 aliphatic carbocycles. The Balaban J connectivity index is 1.45. The zero-order valence-electron chi connectivity index (χ0n) is 16.6. The number of benzene rings is 1. The molecule has 0 saturated heterocycles. The van der Waals surface area contributed by atoms with E-state index in [0.29, 0.717) is 12.6 Å². The lowest BCUT2D eigenvalue weighted by atomic mass is 10.2.